The van der Waals surface area contributed by atoms with Crippen molar-refractivity contribution < 1.29 is 14.3 Å². The molecule has 0 saturated heterocycles. The van der Waals surface area contributed by atoms with Crippen LogP contribution in [0, 0.1) is 12.8 Å². The fourth-order valence-electron chi connectivity index (χ4n) is 3.59. The van der Waals surface area contributed by atoms with Crippen LogP contribution in [0.5, 0.6) is 5.75 Å². The third kappa shape index (κ3) is 7.92. The van der Waals surface area contributed by atoms with E-state index >= 15 is 0 Å². The standard InChI is InChI=1S/C28H40N2O3/c1-8-25(27(32)29-17-20(2)3)30(18-22-12-10-9-11-21(22)4)26(31)19-33-24-15-13-23(14-16-24)28(5,6)7/h9-16,20,25H,8,17-19H2,1-7H3,(H,29,32)/t25-/m1/s1. The predicted molar refractivity (Wildman–Crippen MR) is 134 cm³/mol. The van der Waals surface area contributed by atoms with E-state index in [1.54, 1.807) is 4.90 Å². The molecular formula is C28H40N2O3. The molecular weight excluding hydrogens is 412 g/mol. The topological polar surface area (TPSA) is 58.6 Å². The molecule has 0 bridgehead atoms. The predicted octanol–water partition coefficient (Wildman–Crippen LogP) is 5.25. The number of carbonyl (C=O) groups is 2. The van der Waals surface area contributed by atoms with Gasteiger partial charge in [-0.05, 0) is 53.5 Å². The Labute approximate surface area is 199 Å². The van der Waals surface area contributed by atoms with Crippen molar-refractivity contribution in [2.45, 2.75) is 72.9 Å². The third-order valence-corrected chi connectivity index (χ3v) is 5.76. The van der Waals surface area contributed by atoms with Crippen LogP contribution in [-0.2, 0) is 21.5 Å². The van der Waals surface area contributed by atoms with Gasteiger partial charge in [0.15, 0.2) is 6.61 Å². The molecule has 0 heterocycles. The molecule has 1 atom stereocenters. The minimum Gasteiger partial charge on any atom is -0.484 e. The quantitative estimate of drug-likeness (QED) is 0.536. The fourth-order valence-corrected chi connectivity index (χ4v) is 3.59. The van der Waals surface area contributed by atoms with Crippen molar-refractivity contribution in [3.8, 4) is 5.75 Å². The number of amides is 2. The molecule has 1 N–H and O–H groups in total. The molecule has 180 valence electrons. The highest BCUT2D eigenvalue weighted by molar-refractivity contribution is 5.88. The highest BCUT2D eigenvalue weighted by Crippen LogP contribution is 2.24. The van der Waals surface area contributed by atoms with Gasteiger partial charge in [-0.15, -0.1) is 0 Å². The molecule has 0 unspecified atom stereocenters. The van der Waals surface area contributed by atoms with Crippen molar-refractivity contribution in [2.75, 3.05) is 13.2 Å². The number of ether oxygens (including phenoxy) is 1. The van der Waals surface area contributed by atoms with Gasteiger partial charge in [0.25, 0.3) is 5.91 Å². The summed E-state index contributed by atoms with van der Waals surface area (Å²) in [6, 6.07) is 15.2. The lowest BCUT2D eigenvalue weighted by Gasteiger charge is -2.31. The maximum absolute atomic E-state index is 13.3. The molecule has 33 heavy (non-hydrogen) atoms. The van der Waals surface area contributed by atoms with Crippen molar-refractivity contribution in [3.63, 3.8) is 0 Å². The summed E-state index contributed by atoms with van der Waals surface area (Å²) in [5.74, 6) is 0.656. The largest absolute Gasteiger partial charge is 0.484 e. The first kappa shape index (κ1) is 26.4. The molecule has 5 heteroatoms. The second-order valence-electron chi connectivity index (χ2n) is 10.1. The van der Waals surface area contributed by atoms with E-state index in [1.165, 1.54) is 5.56 Å². The van der Waals surface area contributed by atoms with Gasteiger partial charge in [-0.1, -0.05) is 77.9 Å². The highest BCUT2D eigenvalue weighted by atomic mass is 16.5. The summed E-state index contributed by atoms with van der Waals surface area (Å²) in [6.45, 7) is 15.4. The Balaban J connectivity index is 2.19. The Bertz CT molecular complexity index is 913. The summed E-state index contributed by atoms with van der Waals surface area (Å²) in [4.78, 5) is 27.9. The minimum atomic E-state index is -0.553. The van der Waals surface area contributed by atoms with Crippen LogP contribution in [0.1, 0.15) is 64.7 Å². The van der Waals surface area contributed by atoms with Gasteiger partial charge in [0.05, 0.1) is 0 Å². The zero-order valence-corrected chi connectivity index (χ0v) is 21.3. The molecule has 0 aliphatic carbocycles. The number of benzene rings is 2. The van der Waals surface area contributed by atoms with Crippen LogP contribution in [0.25, 0.3) is 0 Å². The van der Waals surface area contributed by atoms with Gasteiger partial charge in [-0.25, -0.2) is 0 Å². The molecule has 0 radical (unpaired) electrons. The molecule has 2 aromatic rings. The fraction of sp³-hybridized carbons (Fsp3) is 0.500. The maximum atomic E-state index is 13.3. The number of hydrogen-bond donors (Lipinski definition) is 1. The Kier molecular flexibility index (Phi) is 9.51. The normalized spacial score (nSPS) is 12.4. The van der Waals surface area contributed by atoms with Crippen molar-refractivity contribution >= 4 is 11.8 Å². The summed E-state index contributed by atoms with van der Waals surface area (Å²) in [6.07, 6.45) is 0.530. The van der Waals surface area contributed by atoms with Crippen LogP contribution < -0.4 is 10.1 Å². The first-order valence-corrected chi connectivity index (χ1v) is 11.9. The van der Waals surface area contributed by atoms with Crippen LogP contribution >= 0.6 is 0 Å². The van der Waals surface area contributed by atoms with Gasteiger partial charge in [0.1, 0.15) is 11.8 Å². The average Bonchev–Trinajstić information content (AvgIpc) is 2.76. The molecule has 0 fully saturated rings. The average molecular weight is 453 g/mol. The molecule has 0 spiro atoms. The maximum Gasteiger partial charge on any atom is 0.261 e. The van der Waals surface area contributed by atoms with E-state index in [9.17, 15) is 9.59 Å². The zero-order valence-electron chi connectivity index (χ0n) is 21.3. The van der Waals surface area contributed by atoms with Gasteiger partial charge in [-0.2, -0.15) is 0 Å². The zero-order chi connectivity index (χ0) is 24.6. The summed E-state index contributed by atoms with van der Waals surface area (Å²) < 4.78 is 5.83. The highest BCUT2D eigenvalue weighted by Gasteiger charge is 2.29. The molecule has 0 saturated carbocycles. The van der Waals surface area contributed by atoms with Crippen LogP contribution in [-0.4, -0.2) is 35.9 Å². The molecule has 2 amide bonds. The van der Waals surface area contributed by atoms with E-state index in [4.69, 9.17) is 4.74 Å². The number of nitrogens with one attached hydrogen (secondary N) is 1. The second kappa shape index (κ2) is 11.9. The Morgan fingerprint density at radius 3 is 2.21 bits per heavy atom. The van der Waals surface area contributed by atoms with E-state index in [0.717, 1.165) is 11.1 Å². The van der Waals surface area contributed by atoms with Gasteiger partial charge in [0, 0.05) is 13.1 Å². The molecule has 0 aromatic heterocycles. The van der Waals surface area contributed by atoms with Crippen molar-refractivity contribution in [2.24, 2.45) is 5.92 Å². The lowest BCUT2D eigenvalue weighted by molar-refractivity contribution is -0.143. The summed E-state index contributed by atoms with van der Waals surface area (Å²) in [5.41, 5.74) is 3.37. The minimum absolute atomic E-state index is 0.0520. The molecule has 2 aromatic carbocycles. The van der Waals surface area contributed by atoms with Crippen molar-refractivity contribution in [1.29, 1.82) is 0 Å². The van der Waals surface area contributed by atoms with Crippen molar-refractivity contribution in [1.82, 2.24) is 10.2 Å². The third-order valence-electron chi connectivity index (χ3n) is 5.76. The van der Waals surface area contributed by atoms with Crippen LogP contribution in [0.3, 0.4) is 0 Å². The lowest BCUT2D eigenvalue weighted by atomic mass is 9.87. The van der Waals surface area contributed by atoms with Crippen LogP contribution in [0.15, 0.2) is 48.5 Å². The van der Waals surface area contributed by atoms with E-state index in [1.807, 2.05) is 62.4 Å². The Morgan fingerprint density at radius 2 is 1.67 bits per heavy atom. The Morgan fingerprint density at radius 1 is 1.03 bits per heavy atom. The number of hydrogen-bond acceptors (Lipinski definition) is 3. The smallest absolute Gasteiger partial charge is 0.261 e. The summed E-state index contributed by atoms with van der Waals surface area (Å²) >= 11 is 0. The van der Waals surface area contributed by atoms with E-state index < -0.39 is 6.04 Å². The monoisotopic (exact) mass is 452 g/mol. The first-order chi connectivity index (χ1) is 15.5. The van der Waals surface area contributed by atoms with Crippen LogP contribution in [0.2, 0.25) is 0 Å². The number of carbonyl (C=O) groups excluding carboxylic acids is 2. The van der Waals surface area contributed by atoms with E-state index in [2.05, 4.69) is 39.9 Å². The van der Waals surface area contributed by atoms with Crippen molar-refractivity contribution in [3.05, 3.63) is 65.2 Å². The van der Waals surface area contributed by atoms with Crippen LogP contribution in [0.4, 0.5) is 0 Å². The molecule has 5 nitrogen and oxygen atoms in total. The molecule has 0 aliphatic heterocycles. The molecule has 0 aliphatic rings. The van der Waals surface area contributed by atoms with Gasteiger partial charge >= 0.3 is 0 Å². The summed E-state index contributed by atoms with van der Waals surface area (Å²) in [7, 11) is 0. The second-order valence-corrected chi connectivity index (χ2v) is 10.1. The lowest BCUT2D eigenvalue weighted by Crippen LogP contribution is -2.50. The number of rotatable bonds is 10. The number of nitrogens with zero attached hydrogens (tertiary/aromatic N) is 1. The number of aryl methyl sites for hydroxylation is 1. The SMILES string of the molecule is CC[C@H](C(=O)NCC(C)C)N(Cc1ccccc1C)C(=O)COc1ccc(C(C)(C)C)cc1. The van der Waals surface area contributed by atoms with Gasteiger partial charge in [0.2, 0.25) is 5.91 Å². The van der Waals surface area contributed by atoms with E-state index in [0.29, 0.717) is 31.2 Å². The van der Waals surface area contributed by atoms with Gasteiger partial charge in [-0.3, -0.25) is 9.59 Å². The Hall–Kier alpha value is -2.82. The van der Waals surface area contributed by atoms with E-state index in [-0.39, 0.29) is 23.8 Å². The molecule has 2 rings (SSSR count). The first-order valence-electron chi connectivity index (χ1n) is 11.9. The van der Waals surface area contributed by atoms with Gasteiger partial charge < -0.3 is 15.0 Å². The summed E-state index contributed by atoms with van der Waals surface area (Å²) in [5, 5.41) is 2.99.